The first-order chi connectivity index (χ1) is 8.19. The molecule has 1 aliphatic rings. The standard InChI is InChI=1S/C14H20N2O/c1-3-4-7-16-9-12-5-6-14(15-11(2)17)8-13(12)10-16/h3-4,9-10,14H,5-8H2,1-2H3,(H,15,17)/b4-3+. The summed E-state index contributed by atoms with van der Waals surface area (Å²) in [6.45, 7) is 4.57. The minimum atomic E-state index is 0.0757. The predicted octanol–water partition coefficient (Wildman–Crippen LogP) is 2.06. The van der Waals surface area contributed by atoms with Crippen molar-refractivity contribution >= 4 is 5.91 Å². The molecule has 1 aromatic heterocycles. The molecular formula is C14H20N2O. The van der Waals surface area contributed by atoms with Gasteiger partial charge >= 0.3 is 0 Å². The minimum absolute atomic E-state index is 0.0757. The van der Waals surface area contributed by atoms with Crippen LogP contribution in [0.4, 0.5) is 0 Å². The second-order valence-corrected chi connectivity index (χ2v) is 4.71. The maximum Gasteiger partial charge on any atom is 0.217 e. The smallest absolute Gasteiger partial charge is 0.217 e. The number of carbonyl (C=O) groups excluding carboxylic acids is 1. The van der Waals surface area contributed by atoms with Crippen LogP contribution in [-0.2, 0) is 24.2 Å². The second kappa shape index (κ2) is 5.21. The molecule has 0 saturated heterocycles. The molecule has 0 saturated carbocycles. The Morgan fingerprint density at radius 3 is 3.00 bits per heavy atom. The Hall–Kier alpha value is -1.51. The summed E-state index contributed by atoms with van der Waals surface area (Å²) in [6, 6.07) is 0.317. The maximum absolute atomic E-state index is 11.0. The van der Waals surface area contributed by atoms with Crippen molar-refractivity contribution in [3.63, 3.8) is 0 Å². The van der Waals surface area contributed by atoms with Crippen LogP contribution in [0.2, 0.25) is 0 Å². The van der Waals surface area contributed by atoms with Gasteiger partial charge in [0.25, 0.3) is 0 Å². The number of nitrogens with one attached hydrogen (secondary N) is 1. The Balaban J connectivity index is 2.04. The van der Waals surface area contributed by atoms with Gasteiger partial charge in [0.1, 0.15) is 0 Å². The molecule has 3 heteroatoms. The maximum atomic E-state index is 11.0. The highest BCUT2D eigenvalue weighted by atomic mass is 16.1. The number of hydrogen-bond donors (Lipinski definition) is 1. The summed E-state index contributed by atoms with van der Waals surface area (Å²) in [5.41, 5.74) is 2.83. The van der Waals surface area contributed by atoms with Crippen molar-refractivity contribution in [1.82, 2.24) is 9.88 Å². The van der Waals surface area contributed by atoms with Crippen molar-refractivity contribution in [2.45, 2.75) is 45.7 Å². The van der Waals surface area contributed by atoms with E-state index in [9.17, 15) is 4.79 Å². The molecule has 0 spiro atoms. The Kier molecular flexibility index (Phi) is 3.67. The van der Waals surface area contributed by atoms with Crippen molar-refractivity contribution in [3.05, 3.63) is 35.7 Å². The van der Waals surface area contributed by atoms with E-state index in [2.05, 4.69) is 34.4 Å². The summed E-state index contributed by atoms with van der Waals surface area (Å²) in [6.07, 6.45) is 11.8. The van der Waals surface area contributed by atoms with Crippen LogP contribution in [0.3, 0.4) is 0 Å². The van der Waals surface area contributed by atoms with E-state index in [1.165, 1.54) is 11.1 Å². The zero-order valence-electron chi connectivity index (χ0n) is 10.6. The molecule has 1 atom stereocenters. The molecule has 0 aromatic carbocycles. The molecule has 0 aliphatic heterocycles. The molecule has 1 heterocycles. The highest BCUT2D eigenvalue weighted by molar-refractivity contribution is 5.73. The molecule has 1 amide bonds. The van der Waals surface area contributed by atoms with E-state index in [0.717, 1.165) is 25.8 Å². The quantitative estimate of drug-likeness (QED) is 0.795. The fourth-order valence-electron chi connectivity index (χ4n) is 2.45. The average Bonchev–Trinajstić information content (AvgIpc) is 2.67. The number of aryl methyl sites for hydroxylation is 1. The average molecular weight is 232 g/mol. The summed E-state index contributed by atoms with van der Waals surface area (Å²) in [5, 5.41) is 3.01. The highest BCUT2D eigenvalue weighted by Crippen LogP contribution is 2.22. The van der Waals surface area contributed by atoms with Gasteiger partial charge in [-0.3, -0.25) is 4.79 Å². The molecule has 2 rings (SSSR count). The monoisotopic (exact) mass is 232 g/mol. The van der Waals surface area contributed by atoms with E-state index in [0.29, 0.717) is 6.04 Å². The van der Waals surface area contributed by atoms with Crippen molar-refractivity contribution in [2.75, 3.05) is 0 Å². The third-order valence-electron chi connectivity index (χ3n) is 3.24. The van der Waals surface area contributed by atoms with E-state index in [1.807, 2.05) is 6.92 Å². The van der Waals surface area contributed by atoms with E-state index in [4.69, 9.17) is 0 Å². The number of amides is 1. The van der Waals surface area contributed by atoms with Gasteiger partial charge in [0.2, 0.25) is 5.91 Å². The minimum Gasteiger partial charge on any atom is -0.353 e. The summed E-state index contributed by atoms with van der Waals surface area (Å²) in [4.78, 5) is 11.0. The lowest BCUT2D eigenvalue weighted by atomic mass is 9.91. The molecule has 1 aromatic rings. The van der Waals surface area contributed by atoms with Gasteiger partial charge in [-0.05, 0) is 37.3 Å². The predicted molar refractivity (Wildman–Crippen MR) is 68.9 cm³/mol. The van der Waals surface area contributed by atoms with E-state index in [-0.39, 0.29) is 5.91 Å². The number of carbonyl (C=O) groups is 1. The first kappa shape index (κ1) is 12.0. The Labute approximate surface area is 103 Å². The van der Waals surface area contributed by atoms with Crippen LogP contribution < -0.4 is 5.32 Å². The molecule has 0 bridgehead atoms. The van der Waals surface area contributed by atoms with Gasteiger partial charge in [0.15, 0.2) is 0 Å². The van der Waals surface area contributed by atoms with Crippen LogP contribution >= 0.6 is 0 Å². The second-order valence-electron chi connectivity index (χ2n) is 4.71. The molecule has 0 fully saturated rings. The van der Waals surface area contributed by atoms with Crippen LogP contribution in [0.5, 0.6) is 0 Å². The molecule has 0 radical (unpaired) electrons. The summed E-state index contributed by atoms with van der Waals surface area (Å²) in [5.74, 6) is 0.0757. The van der Waals surface area contributed by atoms with E-state index in [1.54, 1.807) is 6.92 Å². The van der Waals surface area contributed by atoms with Crippen molar-refractivity contribution in [1.29, 1.82) is 0 Å². The molecule has 1 unspecified atom stereocenters. The van der Waals surface area contributed by atoms with Crippen LogP contribution in [0.15, 0.2) is 24.5 Å². The highest BCUT2D eigenvalue weighted by Gasteiger charge is 2.20. The first-order valence-corrected chi connectivity index (χ1v) is 6.25. The zero-order chi connectivity index (χ0) is 12.3. The Morgan fingerprint density at radius 2 is 2.29 bits per heavy atom. The number of allylic oxidation sites excluding steroid dienone is 2. The first-order valence-electron chi connectivity index (χ1n) is 6.25. The normalized spacial score (nSPS) is 19.3. The lowest BCUT2D eigenvalue weighted by molar-refractivity contribution is -0.119. The topological polar surface area (TPSA) is 34.0 Å². The summed E-state index contributed by atoms with van der Waals surface area (Å²) >= 11 is 0. The summed E-state index contributed by atoms with van der Waals surface area (Å²) in [7, 11) is 0. The number of fused-ring (bicyclic) bond motifs is 1. The Morgan fingerprint density at radius 1 is 1.53 bits per heavy atom. The summed E-state index contributed by atoms with van der Waals surface area (Å²) < 4.78 is 2.22. The van der Waals surface area contributed by atoms with Gasteiger partial charge in [0, 0.05) is 31.9 Å². The largest absolute Gasteiger partial charge is 0.353 e. The number of hydrogen-bond acceptors (Lipinski definition) is 1. The van der Waals surface area contributed by atoms with Gasteiger partial charge in [-0.25, -0.2) is 0 Å². The fourth-order valence-corrected chi connectivity index (χ4v) is 2.45. The van der Waals surface area contributed by atoms with Crippen molar-refractivity contribution in [3.8, 4) is 0 Å². The van der Waals surface area contributed by atoms with Gasteiger partial charge in [0.05, 0.1) is 0 Å². The molecule has 17 heavy (non-hydrogen) atoms. The van der Waals surface area contributed by atoms with Crippen LogP contribution in [0.25, 0.3) is 0 Å². The lowest BCUT2D eigenvalue weighted by Gasteiger charge is -2.22. The molecule has 1 N–H and O–H groups in total. The van der Waals surface area contributed by atoms with Gasteiger partial charge < -0.3 is 9.88 Å². The number of aromatic nitrogens is 1. The SMILES string of the molecule is C/C=C/Cn1cc2c(c1)CC(NC(C)=O)CC2. The fraction of sp³-hybridized carbons (Fsp3) is 0.500. The number of rotatable bonds is 3. The molecular weight excluding hydrogens is 212 g/mol. The van der Waals surface area contributed by atoms with Crippen LogP contribution in [0.1, 0.15) is 31.4 Å². The zero-order valence-corrected chi connectivity index (χ0v) is 10.6. The van der Waals surface area contributed by atoms with Gasteiger partial charge in [-0.1, -0.05) is 12.2 Å². The van der Waals surface area contributed by atoms with E-state index >= 15 is 0 Å². The molecule has 3 nitrogen and oxygen atoms in total. The Bertz CT molecular complexity index is 431. The molecule has 1 aliphatic carbocycles. The van der Waals surface area contributed by atoms with Crippen molar-refractivity contribution in [2.24, 2.45) is 0 Å². The van der Waals surface area contributed by atoms with Crippen LogP contribution in [-0.4, -0.2) is 16.5 Å². The van der Waals surface area contributed by atoms with E-state index < -0.39 is 0 Å². The van der Waals surface area contributed by atoms with Crippen LogP contribution in [0, 0.1) is 0 Å². The van der Waals surface area contributed by atoms with Crippen molar-refractivity contribution < 1.29 is 4.79 Å². The number of nitrogens with zero attached hydrogens (tertiary/aromatic N) is 1. The molecule has 92 valence electrons. The third-order valence-corrected chi connectivity index (χ3v) is 3.24. The van der Waals surface area contributed by atoms with Gasteiger partial charge in [-0.15, -0.1) is 0 Å². The third kappa shape index (κ3) is 2.99. The lowest BCUT2D eigenvalue weighted by Crippen LogP contribution is -2.37. The van der Waals surface area contributed by atoms with Gasteiger partial charge in [-0.2, -0.15) is 0 Å².